The minimum absolute atomic E-state index is 0.126. The third-order valence-corrected chi connectivity index (χ3v) is 5.08. The maximum atomic E-state index is 12.3. The van der Waals surface area contributed by atoms with Crippen molar-refractivity contribution in [2.24, 2.45) is 0 Å². The Labute approximate surface area is 167 Å². The molecule has 0 bridgehead atoms. The van der Waals surface area contributed by atoms with Crippen LogP contribution in [0.15, 0.2) is 79.0 Å². The van der Waals surface area contributed by atoms with E-state index in [0.717, 1.165) is 21.3 Å². The summed E-state index contributed by atoms with van der Waals surface area (Å²) >= 11 is 1.48. The number of amides is 1. The molecule has 5 nitrogen and oxygen atoms in total. The monoisotopic (exact) mass is 386 g/mol. The number of nitrogens with one attached hydrogen (secondary N) is 2. The van der Waals surface area contributed by atoms with Crippen molar-refractivity contribution in [2.75, 3.05) is 10.6 Å². The molecule has 28 heavy (non-hydrogen) atoms. The molecule has 2 N–H and O–H groups in total. The molecular formula is C22H18N4OS. The van der Waals surface area contributed by atoms with Crippen molar-refractivity contribution in [1.82, 2.24) is 9.97 Å². The molecule has 0 aliphatic heterocycles. The number of rotatable bonds is 5. The third kappa shape index (κ3) is 4.24. The zero-order valence-corrected chi connectivity index (χ0v) is 16.0. The van der Waals surface area contributed by atoms with E-state index in [1.54, 1.807) is 18.3 Å². The molecule has 1 amide bonds. The second-order valence-corrected chi connectivity index (χ2v) is 7.33. The summed E-state index contributed by atoms with van der Waals surface area (Å²) in [6.45, 7) is 2.04. The Morgan fingerprint density at radius 2 is 1.82 bits per heavy atom. The molecule has 0 spiro atoms. The third-order valence-electron chi connectivity index (χ3n) is 4.06. The van der Waals surface area contributed by atoms with Crippen LogP contribution in [-0.4, -0.2) is 15.9 Å². The Morgan fingerprint density at radius 1 is 0.964 bits per heavy atom. The second-order valence-electron chi connectivity index (χ2n) is 6.24. The van der Waals surface area contributed by atoms with Crippen molar-refractivity contribution >= 4 is 33.9 Å². The van der Waals surface area contributed by atoms with Gasteiger partial charge in [-0.15, -0.1) is 11.3 Å². The summed E-state index contributed by atoms with van der Waals surface area (Å²) in [6, 6.07) is 22.9. The van der Waals surface area contributed by atoms with Gasteiger partial charge >= 0.3 is 0 Å². The molecule has 0 atom stereocenters. The summed E-state index contributed by atoms with van der Waals surface area (Å²) in [5.74, 6) is 0.407. The molecule has 0 saturated carbocycles. The van der Waals surface area contributed by atoms with Crippen molar-refractivity contribution in [1.29, 1.82) is 0 Å². The minimum Gasteiger partial charge on any atom is -0.324 e. The first kappa shape index (κ1) is 17.9. The van der Waals surface area contributed by atoms with Crippen LogP contribution >= 0.6 is 11.3 Å². The fourth-order valence-electron chi connectivity index (χ4n) is 2.72. The van der Waals surface area contributed by atoms with Gasteiger partial charge in [0.2, 0.25) is 5.95 Å². The lowest BCUT2D eigenvalue weighted by molar-refractivity contribution is 0.102. The van der Waals surface area contributed by atoms with E-state index in [4.69, 9.17) is 0 Å². The average molecular weight is 386 g/mol. The number of anilines is 3. The van der Waals surface area contributed by atoms with E-state index >= 15 is 0 Å². The van der Waals surface area contributed by atoms with Crippen molar-refractivity contribution in [2.45, 2.75) is 6.92 Å². The molecule has 0 aliphatic carbocycles. The molecule has 0 aliphatic rings. The highest BCUT2D eigenvalue weighted by Gasteiger charge is 2.10. The lowest BCUT2D eigenvalue weighted by Crippen LogP contribution is -2.10. The summed E-state index contributed by atoms with van der Waals surface area (Å²) in [5, 5.41) is 6.93. The summed E-state index contributed by atoms with van der Waals surface area (Å²) in [6.07, 6.45) is 1.72. The van der Waals surface area contributed by atoms with E-state index in [-0.39, 0.29) is 5.91 Å². The van der Waals surface area contributed by atoms with Gasteiger partial charge in [-0.05, 0) is 55.0 Å². The lowest BCUT2D eigenvalue weighted by Gasteiger charge is -2.06. The molecule has 138 valence electrons. The Morgan fingerprint density at radius 3 is 2.64 bits per heavy atom. The molecule has 2 aromatic carbocycles. The quantitative estimate of drug-likeness (QED) is 0.475. The van der Waals surface area contributed by atoms with Gasteiger partial charge in [0.05, 0.1) is 15.6 Å². The Balaban J connectivity index is 1.50. The largest absolute Gasteiger partial charge is 0.324 e. The minimum atomic E-state index is -0.126. The van der Waals surface area contributed by atoms with E-state index in [0.29, 0.717) is 11.5 Å². The van der Waals surface area contributed by atoms with Gasteiger partial charge in [-0.2, -0.15) is 0 Å². The standard InChI is InChI=1S/C22H18N4OS/c1-15-6-5-9-17(14-15)24-22-23-13-12-18(25-22)19-10-11-20(28-19)26-21(27)16-7-3-2-4-8-16/h2-14H,1H3,(H,26,27)(H,23,24,25). The number of aryl methyl sites for hydroxylation is 1. The number of nitrogens with zero attached hydrogens (tertiary/aromatic N) is 2. The summed E-state index contributed by atoms with van der Waals surface area (Å²) < 4.78 is 0. The van der Waals surface area contributed by atoms with Crippen molar-refractivity contribution < 1.29 is 4.79 Å². The van der Waals surface area contributed by atoms with Crippen LogP contribution in [0.4, 0.5) is 16.6 Å². The summed E-state index contributed by atoms with van der Waals surface area (Å²) in [4.78, 5) is 22.2. The molecule has 6 heteroatoms. The Bertz CT molecular complexity index is 1110. The van der Waals surface area contributed by atoms with Crippen LogP contribution in [0.25, 0.3) is 10.6 Å². The number of thiophene rings is 1. The van der Waals surface area contributed by atoms with Crippen LogP contribution in [0, 0.1) is 6.92 Å². The van der Waals surface area contributed by atoms with Crippen molar-refractivity contribution in [3.05, 3.63) is 90.1 Å². The van der Waals surface area contributed by atoms with Crippen LogP contribution in [-0.2, 0) is 0 Å². The fraction of sp³-hybridized carbons (Fsp3) is 0.0455. The van der Waals surface area contributed by atoms with Gasteiger partial charge in [-0.25, -0.2) is 9.97 Å². The van der Waals surface area contributed by atoms with Crippen LogP contribution in [0.5, 0.6) is 0 Å². The van der Waals surface area contributed by atoms with Crippen molar-refractivity contribution in [3.8, 4) is 10.6 Å². The SMILES string of the molecule is Cc1cccc(Nc2nccc(-c3ccc(NC(=O)c4ccccc4)s3)n2)c1. The van der Waals surface area contributed by atoms with E-state index in [1.165, 1.54) is 16.9 Å². The predicted octanol–water partition coefficient (Wildman–Crippen LogP) is 5.51. The second kappa shape index (κ2) is 8.02. The molecule has 2 heterocycles. The fourth-order valence-corrected chi connectivity index (χ4v) is 3.60. The molecule has 0 unspecified atom stereocenters. The van der Waals surface area contributed by atoms with Gasteiger partial charge in [0, 0.05) is 17.4 Å². The highest BCUT2D eigenvalue weighted by Crippen LogP contribution is 2.31. The molecule has 0 saturated heterocycles. The summed E-state index contributed by atoms with van der Waals surface area (Å²) in [5.41, 5.74) is 3.54. The van der Waals surface area contributed by atoms with Crippen LogP contribution in [0.1, 0.15) is 15.9 Å². The maximum absolute atomic E-state index is 12.3. The number of aromatic nitrogens is 2. The van der Waals surface area contributed by atoms with E-state index in [1.807, 2.05) is 67.6 Å². The van der Waals surface area contributed by atoms with Gasteiger partial charge in [0.1, 0.15) is 0 Å². The maximum Gasteiger partial charge on any atom is 0.256 e. The molecule has 4 rings (SSSR count). The van der Waals surface area contributed by atoms with Crippen LogP contribution < -0.4 is 10.6 Å². The van der Waals surface area contributed by atoms with Gasteiger partial charge in [-0.1, -0.05) is 30.3 Å². The first-order valence-electron chi connectivity index (χ1n) is 8.81. The highest BCUT2D eigenvalue weighted by molar-refractivity contribution is 7.19. The highest BCUT2D eigenvalue weighted by atomic mass is 32.1. The number of benzene rings is 2. The van der Waals surface area contributed by atoms with Gasteiger partial charge in [0.15, 0.2) is 0 Å². The number of hydrogen-bond donors (Lipinski definition) is 2. The molecular weight excluding hydrogens is 368 g/mol. The molecule has 0 radical (unpaired) electrons. The van der Waals surface area contributed by atoms with Gasteiger partial charge in [-0.3, -0.25) is 4.79 Å². The smallest absolute Gasteiger partial charge is 0.256 e. The molecule has 2 aromatic heterocycles. The van der Waals surface area contributed by atoms with Crippen LogP contribution in [0.3, 0.4) is 0 Å². The number of carbonyl (C=O) groups excluding carboxylic acids is 1. The first-order valence-corrected chi connectivity index (χ1v) is 9.62. The van der Waals surface area contributed by atoms with E-state index < -0.39 is 0 Å². The number of hydrogen-bond acceptors (Lipinski definition) is 5. The predicted molar refractivity (Wildman–Crippen MR) is 114 cm³/mol. The Hall–Kier alpha value is -3.51. The normalized spacial score (nSPS) is 10.5. The van der Waals surface area contributed by atoms with Gasteiger partial charge in [0.25, 0.3) is 5.91 Å². The lowest BCUT2D eigenvalue weighted by atomic mass is 10.2. The Kier molecular flexibility index (Phi) is 5.12. The molecule has 0 fully saturated rings. The first-order chi connectivity index (χ1) is 13.7. The van der Waals surface area contributed by atoms with E-state index in [9.17, 15) is 4.79 Å². The average Bonchev–Trinajstić information content (AvgIpc) is 3.17. The van der Waals surface area contributed by atoms with E-state index in [2.05, 4.69) is 20.6 Å². The van der Waals surface area contributed by atoms with Crippen LogP contribution in [0.2, 0.25) is 0 Å². The summed E-state index contributed by atoms with van der Waals surface area (Å²) in [7, 11) is 0. The number of carbonyl (C=O) groups is 1. The van der Waals surface area contributed by atoms with Crippen molar-refractivity contribution in [3.63, 3.8) is 0 Å². The zero-order valence-electron chi connectivity index (χ0n) is 15.2. The topological polar surface area (TPSA) is 66.9 Å². The zero-order chi connectivity index (χ0) is 19.3. The molecule has 4 aromatic rings. The van der Waals surface area contributed by atoms with Gasteiger partial charge < -0.3 is 10.6 Å².